The number of hydrogen-bond donors (Lipinski definition) is 2. The fourth-order valence-corrected chi connectivity index (χ4v) is 0.364. The Morgan fingerprint density at radius 1 is 1.30 bits per heavy atom. The van der Waals surface area contributed by atoms with Crippen LogP contribution in [0.2, 0.25) is 0 Å². The third-order valence-corrected chi connectivity index (χ3v) is 1.58. The lowest BCUT2D eigenvalue weighted by Gasteiger charge is -2.04. The van der Waals surface area contributed by atoms with E-state index < -0.39 is 16.0 Å². The van der Waals surface area contributed by atoms with E-state index in [2.05, 4.69) is 25.3 Å². The molecule has 0 spiro atoms. The van der Waals surface area contributed by atoms with Crippen LogP contribution in [0.25, 0.3) is 0 Å². The van der Waals surface area contributed by atoms with Crippen LogP contribution in [-0.2, 0) is 0 Å². The molecule has 0 aliphatic carbocycles. The lowest BCUT2D eigenvalue weighted by Crippen LogP contribution is -2.08. The van der Waals surface area contributed by atoms with Crippen LogP contribution in [0.5, 0.6) is 0 Å². The molecule has 0 atom stereocenters. The lowest BCUT2D eigenvalue weighted by molar-refractivity contribution is -0.0835. The molecule has 0 amide bonds. The third kappa shape index (κ3) is 2.54. The van der Waals surface area contributed by atoms with Crippen LogP contribution >= 0.6 is 25.3 Å². The van der Waals surface area contributed by atoms with E-state index >= 15 is 0 Å². The van der Waals surface area contributed by atoms with Gasteiger partial charge in [-0.15, -0.1) is 25.3 Å². The molecule has 10 heavy (non-hydrogen) atoms. The molecule has 0 aliphatic rings. The first kappa shape index (κ1) is 9.72. The molecule has 0 saturated heterocycles. The van der Waals surface area contributed by atoms with Crippen LogP contribution in [0.3, 0.4) is 0 Å². The average molecular weight is 185 g/mol. The third-order valence-electron chi connectivity index (χ3n) is 0.599. The molecule has 56 valence electrons. The van der Waals surface area contributed by atoms with E-state index in [-0.39, 0.29) is 0 Å². The first-order chi connectivity index (χ1) is 4.39. The zero-order chi connectivity index (χ0) is 8.36. The van der Waals surface area contributed by atoms with E-state index in [4.69, 9.17) is 5.26 Å². The maximum atomic E-state index is 11.6. The molecule has 0 aliphatic heterocycles. The summed E-state index contributed by atoms with van der Waals surface area (Å²) in [6.07, 6.45) is -4.57. The maximum absolute atomic E-state index is 11.6. The van der Waals surface area contributed by atoms with E-state index in [0.717, 1.165) is 0 Å². The molecular weight excluding hydrogens is 183 g/mol. The van der Waals surface area contributed by atoms with Gasteiger partial charge in [0.15, 0.2) is 0 Å². The Hall–Kier alpha value is -0.280. The molecule has 0 aromatic heterocycles. The van der Waals surface area contributed by atoms with E-state index in [1.54, 1.807) is 0 Å². The summed E-state index contributed by atoms with van der Waals surface area (Å²) in [7, 11) is 0. The number of nitrogens with zero attached hydrogens (tertiary/aromatic N) is 1. The van der Waals surface area contributed by atoms with E-state index in [0.29, 0.717) is 0 Å². The smallest absolute Gasteiger partial charge is 0.192 e. The van der Waals surface area contributed by atoms with Gasteiger partial charge in [-0.3, -0.25) is 0 Å². The van der Waals surface area contributed by atoms with Gasteiger partial charge in [-0.25, -0.2) is 0 Å². The number of nitriles is 1. The summed E-state index contributed by atoms with van der Waals surface area (Å²) in [5, 5.41) is 7.94. The molecule has 0 rings (SSSR count). The minimum absolute atomic E-state index is 0.726. The van der Waals surface area contributed by atoms with Crippen LogP contribution in [-0.4, -0.2) is 6.18 Å². The van der Waals surface area contributed by atoms with Crippen molar-refractivity contribution in [3.63, 3.8) is 0 Å². The predicted molar refractivity (Wildman–Crippen MR) is 36.7 cm³/mol. The minimum atomic E-state index is -4.57. The van der Waals surface area contributed by atoms with Crippen LogP contribution in [0.15, 0.2) is 9.81 Å². The van der Waals surface area contributed by atoms with Gasteiger partial charge < -0.3 is 0 Å². The summed E-state index contributed by atoms with van der Waals surface area (Å²) < 4.78 is 34.7. The highest BCUT2D eigenvalue weighted by Gasteiger charge is 2.33. The van der Waals surface area contributed by atoms with Crippen molar-refractivity contribution >= 4 is 25.3 Å². The maximum Gasteiger partial charge on any atom is 0.423 e. The number of allylic oxidation sites excluding steroid dienone is 2. The molecule has 0 aromatic rings. The first-order valence-corrected chi connectivity index (χ1v) is 2.88. The topological polar surface area (TPSA) is 23.8 Å². The second-order valence-corrected chi connectivity index (χ2v) is 2.20. The van der Waals surface area contributed by atoms with Gasteiger partial charge in [-0.05, 0) is 0 Å². The monoisotopic (exact) mass is 185 g/mol. The highest BCUT2D eigenvalue weighted by molar-refractivity contribution is 7.88. The van der Waals surface area contributed by atoms with Gasteiger partial charge >= 0.3 is 6.18 Å². The molecule has 0 aromatic carbocycles. The number of rotatable bonds is 0. The Labute approximate surface area is 66.3 Å². The molecular formula is C4H2F3NS2. The molecule has 0 heterocycles. The van der Waals surface area contributed by atoms with Gasteiger partial charge in [-0.2, -0.15) is 18.4 Å². The summed E-state index contributed by atoms with van der Waals surface area (Å²) in [6.45, 7) is 0. The second-order valence-electron chi connectivity index (χ2n) is 1.31. The number of halogens is 3. The van der Waals surface area contributed by atoms with Crippen molar-refractivity contribution in [3.05, 3.63) is 9.81 Å². The molecule has 1 nitrogen and oxygen atoms in total. The van der Waals surface area contributed by atoms with Crippen LogP contribution in [0.4, 0.5) is 13.2 Å². The zero-order valence-electron chi connectivity index (χ0n) is 4.48. The summed E-state index contributed by atoms with van der Waals surface area (Å²) in [5.74, 6) is 0. The SMILES string of the molecule is N#C/C(S)=C(\S)C(F)(F)F. The van der Waals surface area contributed by atoms with Crippen molar-refractivity contribution in [2.75, 3.05) is 0 Å². The Balaban J connectivity index is 4.69. The summed E-state index contributed by atoms with van der Waals surface area (Å²) in [5.41, 5.74) is 0. The van der Waals surface area contributed by atoms with Gasteiger partial charge in [0.25, 0.3) is 0 Å². The molecule has 0 saturated carbocycles. The number of hydrogen-bond acceptors (Lipinski definition) is 3. The summed E-state index contributed by atoms with van der Waals surface area (Å²) in [4.78, 5) is -1.99. The lowest BCUT2D eigenvalue weighted by atomic mass is 10.5. The minimum Gasteiger partial charge on any atom is -0.192 e. The molecule has 0 fully saturated rings. The van der Waals surface area contributed by atoms with Crippen LogP contribution in [0.1, 0.15) is 0 Å². The first-order valence-electron chi connectivity index (χ1n) is 1.99. The molecule has 0 unspecified atom stereocenters. The van der Waals surface area contributed by atoms with Crippen molar-refractivity contribution in [1.29, 1.82) is 5.26 Å². The highest BCUT2D eigenvalue weighted by Crippen LogP contribution is 2.31. The summed E-state index contributed by atoms with van der Waals surface area (Å²) >= 11 is 6.28. The Kier molecular flexibility index (Phi) is 3.12. The number of thiol groups is 2. The van der Waals surface area contributed by atoms with E-state index in [1.807, 2.05) is 0 Å². The van der Waals surface area contributed by atoms with Crippen LogP contribution < -0.4 is 0 Å². The standard InChI is InChI=1S/C4H2F3NS2/c5-4(6,7)3(10)2(9)1-8/h9-10H/b3-2+. The summed E-state index contributed by atoms with van der Waals surface area (Å²) in [6, 6.07) is 1.22. The molecule has 0 bridgehead atoms. The average Bonchev–Trinajstić information content (AvgIpc) is 1.83. The quantitative estimate of drug-likeness (QED) is 0.438. The fraction of sp³-hybridized carbons (Fsp3) is 0.250. The van der Waals surface area contributed by atoms with Crippen molar-refractivity contribution in [2.45, 2.75) is 6.18 Å². The highest BCUT2D eigenvalue weighted by atomic mass is 32.1. The van der Waals surface area contributed by atoms with Gasteiger partial charge in [0.05, 0.1) is 0 Å². The predicted octanol–water partition coefficient (Wildman–Crippen LogP) is 2.14. The van der Waals surface area contributed by atoms with E-state index in [9.17, 15) is 13.2 Å². The Morgan fingerprint density at radius 2 is 1.70 bits per heavy atom. The van der Waals surface area contributed by atoms with Gasteiger partial charge in [0.1, 0.15) is 15.9 Å². The van der Waals surface area contributed by atoms with Gasteiger partial charge in [-0.1, -0.05) is 0 Å². The Bertz CT molecular complexity index is 200. The molecule has 6 heteroatoms. The van der Waals surface area contributed by atoms with Crippen molar-refractivity contribution in [3.8, 4) is 6.07 Å². The van der Waals surface area contributed by atoms with E-state index in [1.165, 1.54) is 6.07 Å². The van der Waals surface area contributed by atoms with Crippen molar-refractivity contribution in [1.82, 2.24) is 0 Å². The van der Waals surface area contributed by atoms with Crippen LogP contribution in [0, 0.1) is 11.3 Å². The largest absolute Gasteiger partial charge is 0.423 e. The Morgan fingerprint density at radius 3 is 1.80 bits per heavy atom. The fourth-order valence-electron chi connectivity index (χ4n) is 0.187. The van der Waals surface area contributed by atoms with Gasteiger partial charge in [0.2, 0.25) is 0 Å². The van der Waals surface area contributed by atoms with Gasteiger partial charge in [0, 0.05) is 0 Å². The molecule has 0 radical (unpaired) electrons. The number of alkyl halides is 3. The van der Waals surface area contributed by atoms with Crippen molar-refractivity contribution < 1.29 is 13.2 Å². The normalized spacial score (nSPS) is 14.0. The van der Waals surface area contributed by atoms with Crippen molar-refractivity contribution in [2.24, 2.45) is 0 Å². The molecule has 0 N–H and O–H groups in total. The zero-order valence-corrected chi connectivity index (χ0v) is 6.26. The second kappa shape index (κ2) is 3.21.